The first-order valence-electron chi connectivity index (χ1n) is 4.35. The van der Waals surface area contributed by atoms with Crippen LogP contribution in [0.25, 0.3) is 0 Å². The van der Waals surface area contributed by atoms with Crippen LogP contribution in [0.3, 0.4) is 0 Å². The molecule has 0 saturated heterocycles. The third kappa shape index (κ3) is 5.58. The number of aliphatic hydroxyl groups is 3. The fourth-order valence-corrected chi connectivity index (χ4v) is 0.943. The first-order chi connectivity index (χ1) is 6.11. The molecule has 0 aliphatic heterocycles. The second kappa shape index (κ2) is 6.83. The maximum absolute atomic E-state index is 9.37. The minimum atomic E-state index is -0.520. The van der Waals surface area contributed by atoms with Crippen LogP contribution in [0, 0.1) is 0 Å². The zero-order chi connectivity index (χ0) is 10.3. The third-order valence-electron chi connectivity index (χ3n) is 1.89. The molecule has 0 aromatic heterocycles. The van der Waals surface area contributed by atoms with Crippen molar-refractivity contribution in [3.63, 3.8) is 0 Å². The molecular formula is C10H18O3. The van der Waals surface area contributed by atoms with Crippen molar-refractivity contribution in [2.75, 3.05) is 13.2 Å². The van der Waals surface area contributed by atoms with E-state index in [1.165, 1.54) is 0 Å². The zero-order valence-corrected chi connectivity index (χ0v) is 8.03. The van der Waals surface area contributed by atoms with Crippen molar-refractivity contribution < 1.29 is 15.3 Å². The van der Waals surface area contributed by atoms with Crippen LogP contribution >= 0.6 is 0 Å². The number of hydrogen-bond acceptors (Lipinski definition) is 3. The van der Waals surface area contributed by atoms with E-state index in [2.05, 4.69) is 6.58 Å². The highest BCUT2D eigenvalue weighted by atomic mass is 16.3. The Morgan fingerprint density at radius 1 is 1.46 bits per heavy atom. The van der Waals surface area contributed by atoms with Crippen molar-refractivity contribution in [2.45, 2.75) is 25.9 Å². The summed E-state index contributed by atoms with van der Waals surface area (Å²) in [6, 6.07) is 0. The largest absolute Gasteiger partial charge is 0.392 e. The van der Waals surface area contributed by atoms with Crippen molar-refractivity contribution in [2.24, 2.45) is 0 Å². The van der Waals surface area contributed by atoms with Gasteiger partial charge in [-0.2, -0.15) is 0 Å². The normalized spacial score (nSPS) is 14.3. The van der Waals surface area contributed by atoms with Crippen LogP contribution in [0.4, 0.5) is 0 Å². The molecule has 3 N–H and O–H groups in total. The highest BCUT2D eigenvalue weighted by Crippen LogP contribution is 2.11. The average Bonchev–Trinajstić information content (AvgIpc) is 2.11. The van der Waals surface area contributed by atoms with Gasteiger partial charge in [-0.05, 0) is 25.3 Å². The second-order valence-corrected chi connectivity index (χ2v) is 3.10. The van der Waals surface area contributed by atoms with Gasteiger partial charge >= 0.3 is 0 Å². The fraction of sp³-hybridized carbons (Fsp3) is 0.600. The summed E-state index contributed by atoms with van der Waals surface area (Å²) in [5.74, 6) is 0. The van der Waals surface area contributed by atoms with Crippen LogP contribution in [0.2, 0.25) is 0 Å². The van der Waals surface area contributed by atoms with Gasteiger partial charge in [0.1, 0.15) is 0 Å². The van der Waals surface area contributed by atoms with Gasteiger partial charge in [-0.25, -0.2) is 0 Å². The molecule has 0 saturated carbocycles. The van der Waals surface area contributed by atoms with Crippen molar-refractivity contribution in [1.82, 2.24) is 0 Å². The van der Waals surface area contributed by atoms with E-state index < -0.39 is 6.10 Å². The molecule has 0 aromatic rings. The van der Waals surface area contributed by atoms with Crippen LogP contribution in [0.5, 0.6) is 0 Å². The van der Waals surface area contributed by atoms with E-state index >= 15 is 0 Å². The molecule has 76 valence electrons. The molecule has 0 radical (unpaired) electrons. The monoisotopic (exact) mass is 186 g/mol. The van der Waals surface area contributed by atoms with Crippen LogP contribution in [-0.4, -0.2) is 34.6 Å². The van der Waals surface area contributed by atoms with Gasteiger partial charge in [0.25, 0.3) is 0 Å². The SMILES string of the molecule is C=C(C)[C@H](O)CC/C(=C/CO)CO. The third-order valence-corrected chi connectivity index (χ3v) is 1.89. The molecule has 0 spiro atoms. The Labute approximate surface area is 79.0 Å². The summed E-state index contributed by atoms with van der Waals surface area (Å²) in [5.41, 5.74) is 1.48. The molecule has 0 heterocycles. The lowest BCUT2D eigenvalue weighted by molar-refractivity contribution is 0.198. The lowest BCUT2D eigenvalue weighted by Gasteiger charge is -2.10. The molecule has 0 aliphatic carbocycles. The van der Waals surface area contributed by atoms with Crippen molar-refractivity contribution in [3.05, 3.63) is 23.8 Å². The van der Waals surface area contributed by atoms with Crippen molar-refractivity contribution >= 4 is 0 Å². The van der Waals surface area contributed by atoms with Gasteiger partial charge in [0.2, 0.25) is 0 Å². The van der Waals surface area contributed by atoms with Crippen LogP contribution < -0.4 is 0 Å². The van der Waals surface area contributed by atoms with Crippen LogP contribution in [0.1, 0.15) is 19.8 Å². The molecule has 0 aliphatic rings. The lowest BCUT2D eigenvalue weighted by Crippen LogP contribution is -2.08. The van der Waals surface area contributed by atoms with Crippen molar-refractivity contribution in [1.29, 1.82) is 0 Å². The minimum absolute atomic E-state index is 0.0660. The summed E-state index contributed by atoms with van der Waals surface area (Å²) in [6.07, 6.45) is 2.17. The average molecular weight is 186 g/mol. The predicted molar refractivity (Wildman–Crippen MR) is 52.3 cm³/mol. The van der Waals surface area contributed by atoms with E-state index in [0.29, 0.717) is 12.8 Å². The van der Waals surface area contributed by atoms with Crippen LogP contribution in [-0.2, 0) is 0 Å². The van der Waals surface area contributed by atoms with Gasteiger partial charge < -0.3 is 15.3 Å². The molecule has 3 heteroatoms. The Balaban J connectivity index is 3.85. The molecule has 0 rings (SSSR count). The Morgan fingerprint density at radius 2 is 2.08 bits per heavy atom. The van der Waals surface area contributed by atoms with Gasteiger partial charge in [0.05, 0.1) is 19.3 Å². The predicted octanol–water partition coefficient (Wildman–Crippen LogP) is 0.615. The topological polar surface area (TPSA) is 60.7 Å². The summed E-state index contributed by atoms with van der Waals surface area (Å²) in [7, 11) is 0. The molecule has 13 heavy (non-hydrogen) atoms. The number of rotatable bonds is 6. The molecule has 1 atom stereocenters. The van der Waals surface area contributed by atoms with Crippen LogP contribution in [0.15, 0.2) is 23.8 Å². The first kappa shape index (κ1) is 12.4. The highest BCUT2D eigenvalue weighted by molar-refractivity contribution is 5.05. The first-order valence-corrected chi connectivity index (χ1v) is 4.35. The van der Waals surface area contributed by atoms with Gasteiger partial charge in [-0.15, -0.1) is 0 Å². The summed E-state index contributed by atoms with van der Waals surface area (Å²) < 4.78 is 0. The Kier molecular flexibility index (Phi) is 6.49. The van der Waals surface area contributed by atoms with Gasteiger partial charge in [-0.1, -0.05) is 18.2 Å². The Hall–Kier alpha value is -0.640. The van der Waals surface area contributed by atoms with E-state index in [9.17, 15) is 5.11 Å². The molecule has 0 aromatic carbocycles. The summed E-state index contributed by atoms with van der Waals surface area (Å²) >= 11 is 0. The quantitative estimate of drug-likeness (QED) is 0.533. The minimum Gasteiger partial charge on any atom is -0.392 e. The molecule has 0 unspecified atom stereocenters. The van der Waals surface area contributed by atoms with E-state index in [0.717, 1.165) is 11.1 Å². The van der Waals surface area contributed by atoms with Gasteiger partial charge in [0, 0.05) is 0 Å². The Bertz CT molecular complexity index is 185. The summed E-state index contributed by atoms with van der Waals surface area (Å²) in [6.45, 7) is 5.25. The van der Waals surface area contributed by atoms with E-state index in [4.69, 9.17) is 10.2 Å². The molecule has 0 amide bonds. The van der Waals surface area contributed by atoms with Gasteiger partial charge in [0.15, 0.2) is 0 Å². The smallest absolute Gasteiger partial charge is 0.0747 e. The van der Waals surface area contributed by atoms with Gasteiger partial charge in [-0.3, -0.25) is 0 Å². The highest BCUT2D eigenvalue weighted by Gasteiger charge is 2.05. The summed E-state index contributed by atoms with van der Waals surface area (Å²) in [5, 5.41) is 26.8. The maximum atomic E-state index is 9.37. The van der Waals surface area contributed by atoms with E-state index in [1.807, 2.05) is 0 Å². The standard InChI is InChI=1S/C10H18O3/c1-8(2)10(13)4-3-9(7-12)5-6-11/h5,10-13H,1,3-4,6-7H2,2H3/b9-5-/t10-/m1/s1. The number of aliphatic hydroxyl groups excluding tert-OH is 3. The fourth-order valence-electron chi connectivity index (χ4n) is 0.943. The lowest BCUT2D eigenvalue weighted by atomic mass is 10.0. The summed E-state index contributed by atoms with van der Waals surface area (Å²) in [4.78, 5) is 0. The molecular weight excluding hydrogens is 168 g/mol. The molecule has 0 fully saturated rings. The molecule has 0 bridgehead atoms. The Morgan fingerprint density at radius 3 is 2.46 bits per heavy atom. The van der Waals surface area contributed by atoms with E-state index in [1.54, 1.807) is 13.0 Å². The zero-order valence-electron chi connectivity index (χ0n) is 8.03. The van der Waals surface area contributed by atoms with E-state index in [-0.39, 0.29) is 13.2 Å². The maximum Gasteiger partial charge on any atom is 0.0747 e. The van der Waals surface area contributed by atoms with Crippen molar-refractivity contribution in [3.8, 4) is 0 Å². The number of hydrogen-bond donors (Lipinski definition) is 3. The molecule has 3 nitrogen and oxygen atoms in total. The second-order valence-electron chi connectivity index (χ2n) is 3.10.